The van der Waals surface area contributed by atoms with E-state index >= 15 is 0 Å². The number of hydrogen-bond acceptors (Lipinski definition) is 3. The van der Waals surface area contributed by atoms with Gasteiger partial charge in [0.1, 0.15) is 5.76 Å². The summed E-state index contributed by atoms with van der Waals surface area (Å²) in [5, 5.41) is 3.45. The zero-order valence-electron chi connectivity index (χ0n) is 15.2. The Balaban J connectivity index is 1.61. The van der Waals surface area contributed by atoms with Gasteiger partial charge in [0.2, 0.25) is 5.91 Å². The number of nitrogens with zero attached hydrogens (tertiary/aromatic N) is 3. The highest BCUT2D eigenvalue weighted by atomic mass is 16.3. The van der Waals surface area contributed by atoms with Gasteiger partial charge in [-0.05, 0) is 17.7 Å². The van der Waals surface area contributed by atoms with Crippen molar-refractivity contribution in [3.05, 3.63) is 60.1 Å². The highest BCUT2D eigenvalue weighted by Gasteiger charge is 2.21. The van der Waals surface area contributed by atoms with Gasteiger partial charge in [-0.2, -0.15) is 0 Å². The first-order valence-corrected chi connectivity index (χ1v) is 9.07. The van der Waals surface area contributed by atoms with Gasteiger partial charge in [0.25, 0.3) is 0 Å². The molecule has 1 fully saturated rings. The van der Waals surface area contributed by atoms with E-state index in [1.165, 1.54) is 5.56 Å². The van der Waals surface area contributed by atoms with Crippen LogP contribution in [0.2, 0.25) is 0 Å². The van der Waals surface area contributed by atoms with Crippen molar-refractivity contribution in [1.29, 1.82) is 0 Å². The lowest BCUT2D eigenvalue weighted by molar-refractivity contribution is -0.130. The molecule has 0 bridgehead atoms. The Kier molecular flexibility index (Phi) is 6.30. The van der Waals surface area contributed by atoms with E-state index in [9.17, 15) is 4.79 Å². The third-order valence-electron chi connectivity index (χ3n) is 4.51. The normalized spacial score (nSPS) is 15.2. The number of guanidine groups is 1. The smallest absolute Gasteiger partial charge is 0.219 e. The van der Waals surface area contributed by atoms with Crippen LogP contribution < -0.4 is 5.32 Å². The summed E-state index contributed by atoms with van der Waals surface area (Å²) in [5.41, 5.74) is 1.18. The van der Waals surface area contributed by atoms with E-state index in [0.717, 1.165) is 50.9 Å². The van der Waals surface area contributed by atoms with Crippen molar-refractivity contribution in [2.45, 2.75) is 19.9 Å². The second-order valence-electron chi connectivity index (χ2n) is 6.37. The van der Waals surface area contributed by atoms with Crippen LogP contribution in [-0.2, 0) is 17.8 Å². The maximum absolute atomic E-state index is 11.5. The maximum atomic E-state index is 11.5. The molecule has 1 saturated heterocycles. The first kappa shape index (κ1) is 18.0. The van der Waals surface area contributed by atoms with Crippen molar-refractivity contribution >= 4 is 11.9 Å². The Hall–Kier alpha value is -2.76. The number of benzene rings is 1. The number of aliphatic imine (C=N–C) groups is 1. The lowest BCUT2D eigenvalue weighted by Gasteiger charge is -2.36. The Morgan fingerprint density at radius 2 is 1.81 bits per heavy atom. The summed E-state index contributed by atoms with van der Waals surface area (Å²) in [6.07, 6.45) is 2.51. The van der Waals surface area contributed by atoms with Gasteiger partial charge in [0, 0.05) is 46.1 Å². The average Bonchev–Trinajstić information content (AvgIpc) is 3.19. The molecule has 0 unspecified atom stereocenters. The molecule has 6 nitrogen and oxygen atoms in total. The molecule has 26 heavy (non-hydrogen) atoms. The van der Waals surface area contributed by atoms with Crippen LogP contribution in [0.15, 0.2) is 58.1 Å². The van der Waals surface area contributed by atoms with E-state index in [2.05, 4.69) is 22.3 Å². The molecule has 1 aromatic carbocycles. The van der Waals surface area contributed by atoms with Crippen molar-refractivity contribution in [1.82, 2.24) is 15.1 Å². The third-order valence-corrected chi connectivity index (χ3v) is 4.51. The maximum Gasteiger partial charge on any atom is 0.219 e. The van der Waals surface area contributed by atoms with Crippen LogP contribution in [0.25, 0.3) is 0 Å². The Labute approximate surface area is 154 Å². The average molecular weight is 354 g/mol. The summed E-state index contributed by atoms with van der Waals surface area (Å²) < 4.78 is 5.39. The quantitative estimate of drug-likeness (QED) is 0.660. The number of rotatable bonds is 5. The van der Waals surface area contributed by atoms with Gasteiger partial charge >= 0.3 is 0 Å². The monoisotopic (exact) mass is 354 g/mol. The molecule has 3 rings (SSSR count). The highest BCUT2D eigenvalue weighted by molar-refractivity contribution is 5.80. The summed E-state index contributed by atoms with van der Waals surface area (Å²) in [7, 11) is 0. The molecule has 0 radical (unpaired) electrons. The van der Waals surface area contributed by atoms with Gasteiger partial charge in [0.05, 0.1) is 12.8 Å². The van der Waals surface area contributed by atoms with Crippen molar-refractivity contribution in [2.75, 3.05) is 32.7 Å². The molecule has 0 aliphatic carbocycles. The predicted molar refractivity (Wildman–Crippen MR) is 102 cm³/mol. The molecular weight excluding hydrogens is 328 g/mol. The number of nitrogens with one attached hydrogen (secondary N) is 1. The molecular formula is C20H26N4O2. The molecule has 1 aliphatic heterocycles. The molecule has 6 heteroatoms. The van der Waals surface area contributed by atoms with Gasteiger partial charge in [-0.3, -0.25) is 4.79 Å². The fourth-order valence-electron chi connectivity index (χ4n) is 3.00. The van der Waals surface area contributed by atoms with Gasteiger partial charge in [-0.15, -0.1) is 0 Å². The standard InChI is InChI=1S/C20H26N4O2/c1-17(25)23-11-13-24(14-12-23)20(21-10-9-19-8-5-15-26-19)22-16-18-6-3-2-4-7-18/h2-8,15H,9-14,16H2,1H3,(H,21,22). The summed E-state index contributed by atoms with van der Waals surface area (Å²) in [6, 6.07) is 14.1. The van der Waals surface area contributed by atoms with Crippen molar-refractivity contribution in [3.8, 4) is 0 Å². The predicted octanol–water partition coefficient (Wildman–Crippen LogP) is 2.13. The molecule has 1 aromatic heterocycles. The molecule has 1 N–H and O–H groups in total. The van der Waals surface area contributed by atoms with E-state index in [-0.39, 0.29) is 5.91 Å². The molecule has 1 amide bonds. The molecule has 0 saturated carbocycles. The minimum atomic E-state index is 0.137. The van der Waals surface area contributed by atoms with Gasteiger partial charge in [0.15, 0.2) is 5.96 Å². The van der Waals surface area contributed by atoms with Crippen LogP contribution in [0.4, 0.5) is 0 Å². The van der Waals surface area contributed by atoms with Gasteiger partial charge in [-0.1, -0.05) is 30.3 Å². The molecule has 0 atom stereocenters. The molecule has 1 aliphatic rings. The number of hydrogen-bond donors (Lipinski definition) is 1. The SMILES string of the molecule is CC(=O)N1CCN(C(=NCc2ccccc2)NCCc2ccco2)CC1. The summed E-state index contributed by atoms with van der Waals surface area (Å²) in [6.45, 7) is 6.08. The number of piperazine rings is 1. The van der Waals surface area contributed by atoms with Crippen molar-refractivity contribution in [3.63, 3.8) is 0 Å². The highest BCUT2D eigenvalue weighted by Crippen LogP contribution is 2.06. The van der Waals surface area contributed by atoms with Crippen LogP contribution >= 0.6 is 0 Å². The second kappa shape index (κ2) is 9.08. The molecule has 2 heterocycles. The Morgan fingerprint density at radius 3 is 2.46 bits per heavy atom. The van der Waals surface area contributed by atoms with Gasteiger partial charge < -0.3 is 19.5 Å². The zero-order valence-corrected chi connectivity index (χ0v) is 15.2. The van der Waals surface area contributed by atoms with E-state index in [1.807, 2.05) is 35.2 Å². The third kappa shape index (κ3) is 5.12. The Bertz CT molecular complexity index is 705. The van der Waals surface area contributed by atoms with E-state index in [4.69, 9.17) is 9.41 Å². The van der Waals surface area contributed by atoms with Crippen LogP contribution in [0.1, 0.15) is 18.2 Å². The van der Waals surface area contributed by atoms with Crippen molar-refractivity contribution < 1.29 is 9.21 Å². The summed E-state index contributed by atoms with van der Waals surface area (Å²) >= 11 is 0. The fourth-order valence-corrected chi connectivity index (χ4v) is 3.00. The van der Waals surface area contributed by atoms with Crippen molar-refractivity contribution in [2.24, 2.45) is 4.99 Å². The lowest BCUT2D eigenvalue weighted by Crippen LogP contribution is -2.53. The Morgan fingerprint density at radius 1 is 1.08 bits per heavy atom. The van der Waals surface area contributed by atoms with Crippen LogP contribution in [0.5, 0.6) is 0 Å². The van der Waals surface area contributed by atoms with E-state index in [0.29, 0.717) is 6.54 Å². The number of carbonyl (C=O) groups excluding carboxylic acids is 1. The first-order chi connectivity index (χ1) is 12.7. The second-order valence-corrected chi connectivity index (χ2v) is 6.37. The van der Waals surface area contributed by atoms with Crippen LogP contribution in [0, 0.1) is 0 Å². The lowest BCUT2D eigenvalue weighted by atomic mass is 10.2. The zero-order chi connectivity index (χ0) is 18.2. The number of amides is 1. The first-order valence-electron chi connectivity index (χ1n) is 9.07. The van der Waals surface area contributed by atoms with E-state index < -0.39 is 0 Å². The molecule has 138 valence electrons. The topological polar surface area (TPSA) is 61.1 Å². The fraction of sp³-hybridized carbons (Fsp3) is 0.400. The van der Waals surface area contributed by atoms with Crippen LogP contribution in [0.3, 0.4) is 0 Å². The largest absolute Gasteiger partial charge is 0.469 e. The van der Waals surface area contributed by atoms with Gasteiger partial charge in [-0.25, -0.2) is 4.99 Å². The summed E-state index contributed by atoms with van der Waals surface area (Å²) in [5.74, 6) is 1.99. The van der Waals surface area contributed by atoms with Crippen LogP contribution in [-0.4, -0.2) is 54.4 Å². The minimum Gasteiger partial charge on any atom is -0.469 e. The number of furan rings is 1. The molecule has 2 aromatic rings. The summed E-state index contributed by atoms with van der Waals surface area (Å²) in [4.78, 5) is 20.5. The molecule has 0 spiro atoms. The van der Waals surface area contributed by atoms with E-state index in [1.54, 1.807) is 13.2 Å². The number of carbonyl (C=O) groups is 1. The minimum absolute atomic E-state index is 0.137.